The lowest BCUT2D eigenvalue weighted by Gasteiger charge is -2.37. The molecule has 1 aliphatic heterocycles. The average Bonchev–Trinajstić information content (AvgIpc) is 2.46. The molecule has 0 radical (unpaired) electrons. The van der Waals surface area contributed by atoms with Crippen LogP contribution in [0.1, 0.15) is 32.6 Å². The van der Waals surface area contributed by atoms with Crippen molar-refractivity contribution >= 4 is 11.4 Å². The first-order chi connectivity index (χ1) is 9.27. The average molecular weight is 264 g/mol. The zero-order valence-electron chi connectivity index (χ0n) is 11.6. The molecule has 1 atom stereocenters. The molecular weight excluding hydrogens is 240 g/mol. The number of anilines is 2. The normalized spacial score (nSPS) is 19.5. The molecule has 1 unspecified atom stereocenters. The fourth-order valence-corrected chi connectivity index (χ4v) is 2.63. The van der Waals surface area contributed by atoms with Crippen LogP contribution in [0, 0.1) is 0 Å². The molecule has 0 aromatic heterocycles. The van der Waals surface area contributed by atoms with Crippen molar-refractivity contribution in [2.75, 3.05) is 30.4 Å². The van der Waals surface area contributed by atoms with Gasteiger partial charge in [0.15, 0.2) is 0 Å². The first-order valence-corrected chi connectivity index (χ1v) is 7.16. The Bertz CT molecular complexity index is 409. The molecule has 1 aliphatic rings. The monoisotopic (exact) mass is 264 g/mol. The fraction of sp³-hybridized carbons (Fsp3) is 0.600. The number of aliphatic hydroxyl groups is 1. The molecule has 0 amide bonds. The van der Waals surface area contributed by atoms with Crippen LogP contribution in [-0.2, 0) is 0 Å². The lowest BCUT2D eigenvalue weighted by molar-refractivity contribution is 0.240. The quantitative estimate of drug-likeness (QED) is 0.802. The van der Waals surface area contributed by atoms with Crippen molar-refractivity contribution in [2.45, 2.75) is 38.6 Å². The molecule has 0 saturated carbocycles. The van der Waals surface area contributed by atoms with Crippen molar-refractivity contribution in [3.63, 3.8) is 0 Å². The number of ether oxygens (including phenoxy) is 1. The Labute approximate surface area is 115 Å². The molecule has 1 heterocycles. The van der Waals surface area contributed by atoms with Gasteiger partial charge in [0, 0.05) is 6.54 Å². The van der Waals surface area contributed by atoms with E-state index >= 15 is 0 Å². The van der Waals surface area contributed by atoms with Crippen molar-refractivity contribution in [1.29, 1.82) is 0 Å². The van der Waals surface area contributed by atoms with Crippen LogP contribution < -0.4 is 15.4 Å². The Hall–Kier alpha value is -1.42. The number of piperidine rings is 1. The van der Waals surface area contributed by atoms with Gasteiger partial charge < -0.3 is 20.5 Å². The van der Waals surface area contributed by atoms with Gasteiger partial charge in [0.25, 0.3) is 0 Å². The van der Waals surface area contributed by atoms with Crippen LogP contribution in [0.25, 0.3) is 0 Å². The first kappa shape index (κ1) is 14.0. The summed E-state index contributed by atoms with van der Waals surface area (Å²) < 4.78 is 5.67. The molecule has 1 saturated heterocycles. The maximum atomic E-state index is 9.51. The number of nitrogens with two attached hydrogens (primary N) is 1. The van der Waals surface area contributed by atoms with Crippen LogP contribution in [0.5, 0.6) is 5.75 Å². The molecular formula is C15H24N2O2. The summed E-state index contributed by atoms with van der Waals surface area (Å²) in [5.74, 6) is 0.751. The number of aliphatic hydroxyl groups excluding tert-OH is 1. The summed E-state index contributed by atoms with van der Waals surface area (Å²) in [5, 5.41) is 9.51. The maximum Gasteiger partial charge on any atom is 0.144 e. The Morgan fingerprint density at radius 3 is 3.00 bits per heavy atom. The van der Waals surface area contributed by atoms with E-state index in [1.807, 2.05) is 18.2 Å². The number of hydrogen-bond donors (Lipinski definition) is 2. The number of nitrogen functional groups attached to an aromatic ring is 1. The number of nitrogens with zero attached hydrogens (tertiary/aromatic N) is 1. The Morgan fingerprint density at radius 2 is 2.26 bits per heavy atom. The third-order valence-corrected chi connectivity index (χ3v) is 3.65. The second-order valence-electron chi connectivity index (χ2n) is 5.06. The van der Waals surface area contributed by atoms with Gasteiger partial charge in [-0.15, -0.1) is 0 Å². The van der Waals surface area contributed by atoms with E-state index in [0.29, 0.717) is 12.3 Å². The van der Waals surface area contributed by atoms with E-state index in [1.54, 1.807) is 0 Å². The highest BCUT2D eigenvalue weighted by Crippen LogP contribution is 2.35. The second kappa shape index (κ2) is 6.66. The highest BCUT2D eigenvalue weighted by atomic mass is 16.5. The second-order valence-corrected chi connectivity index (χ2v) is 5.06. The highest BCUT2D eigenvalue weighted by molar-refractivity contribution is 5.74. The van der Waals surface area contributed by atoms with Crippen molar-refractivity contribution in [2.24, 2.45) is 0 Å². The van der Waals surface area contributed by atoms with Gasteiger partial charge in [-0.1, -0.05) is 13.0 Å². The minimum Gasteiger partial charge on any atom is -0.491 e. The Kier molecular flexibility index (Phi) is 4.91. The summed E-state index contributed by atoms with van der Waals surface area (Å²) in [6, 6.07) is 6.08. The van der Waals surface area contributed by atoms with Gasteiger partial charge in [0.05, 0.1) is 30.6 Å². The van der Waals surface area contributed by atoms with Crippen LogP contribution in [0.4, 0.5) is 11.4 Å². The van der Waals surface area contributed by atoms with Gasteiger partial charge >= 0.3 is 0 Å². The zero-order valence-corrected chi connectivity index (χ0v) is 11.6. The van der Waals surface area contributed by atoms with Crippen LogP contribution in [0.3, 0.4) is 0 Å². The number of benzene rings is 1. The van der Waals surface area contributed by atoms with E-state index in [4.69, 9.17) is 10.5 Å². The zero-order chi connectivity index (χ0) is 13.7. The summed E-state index contributed by atoms with van der Waals surface area (Å²) in [4.78, 5) is 2.22. The van der Waals surface area contributed by atoms with Gasteiger partial charge in [0.1, 0.15) is 5.75 Å². The standard InChI is InChI=1S/C15H24N2O2/c1-2-10-19-14-8-5-7-13(15(14)16)17-9-4-3-6-12(17)11-18/h5,7-8,12,18H,2-4,6,9-11,16H2,1H3. The van der Waals surface area contributed by atoms with E-state index in [2.05, 4.69) is 11.8 Å². The topological polar surface area (TPSA) is 58.7 Å². The van der Waals surface area contributed by atoms with Crippen molar-refractivity contribution in [3.05, 3.63) is 18.2 Å². The minimum absolute atomic E-state index is 0.178. The molecule has 1 fully saturated rings. The summed E-state index contributed by atoms with van der Waals surface area (Å²) in [6.45, 7) is 3.88. The van der Waals surface area contributed by atoms with Gasteiger partial charge in [-0.25, -0.2) is 0 Å². The van der Waals surface area contributed by atoms with Crippen molar-refractivity contribution in [1.82, 2.24) is 0 Å². The molecule has 4 heteroatoms. The number of hydrogen-bond acceptors (Lipinski definition) is 4. The Morgan fingerprint density at radius 1 is 1.42 bits per heavy atom. The first-order valence-electron chi connectivity index (χ1n) is 7.16. The van der Waals surface area contributed by atoms with Gasteiger partial charge in [0.2, 0.25) is 0 Å². The highest BCUT2D eigenvalue weighted by Gasteiger charge is 2.24. The van der Waals surface area contributed by atoms with E-state index in [0.717, 1.165) is 37.2 Å². The summed E-state index contributed by atoms with van der Waals surface area (Å²) >= 11 is 0. The lowest BCUT2D eigenvalue weighted by Crippen LogP contribution is -2.42. The van der Waals surface area contributed by atoms with E-state index in [9.17, 15) is 5.11 Å². The number of rotatable bonds is 5. The van der Waals surface area contributed by atoms with Crippen molar-refractivity contribution < 1.29 is 9.84 Å². The predicted molar refractivity (Wildman–Crippen MR) is 78.7 cm³/mol. The summed E-state index contributed by atoms with van der Waals surface area (Å²) in [5.41, 5.74) is 7.91. The van der Waals surface area contributed by atoms with Gasteiger partial charge in [-0.3, -0.25) is 0 Å². The smallest absolute Gasteiger partial charge is 0.144 e. The molecule has 0 aliphatic carbocycles. The Balaban J connectivity index is 2.22. The lowest BCUT2D eigenvalue weighted by atomic mass is 10.0. The third kappa shape index (κ3) is 3.13. The van der Waals surface area contributed by atoms with Gasteiger partial charge in [-0.05, 0) is 37.8 Å². The van der Waals surface area contributed by atoms with E-state index in [-0.39, 0.29) is 12.6 Å². The molecule has 1 aromatic rings. The molecule has 1 aromatic carbocycles. The molecule has 0 spiro atoms. The molecule has 4 nitrogen and oxygen atoms in total. The molecule has 106 valence electrons. The fourth-order valence-electron chi connectivity index (χ4n) is 2.63. The molecule has 2 rings (SSSR count). The summed E-state index contributed by atoms with van der Waals surface area (Å²) in [6.07, 6.45) is 4.31. The van der Waals surface area contributed by atoms with E-state index < -0.39 is 0 Å². The number of para-hydroxylation sites is 1. The molecule has 3 N–H and O–H groups in total. The van der Waals surface area contributed by atoms with Crippen molar-refractivity contribution in [3.8, 4) is 5.75 Å². The van der Waals surface area contributed by atoms with E-state index in [1.165, 1.54) is 6.42 Å². The maximum absolute atomic E-state index is 9.51. The van der Waals surface area contributed by atoms with Gasteiger partial charge in [-0.2, -0.15) is 0 Å². The SMILES string of the molecule is CCCOc1cccc(N2CCCCC2CO)c1N. The van der Waals surface area contributed by atoms with Crippen LogP contribution in [0.15, 0.2) is 18.2 Å². The summed E-state index contributed by atoms with van der Waals surface area (Å²) in [7, 11) is 0. The largest absolute Gasteiger partial charge is 0.491 e. The van der Waals surface area contributed by atoms with Crippen LogP contribution >= 0.6 is 0 Å². The predicted octanol–water partition coefficient (Wildman–Crippen LogP) is 2.41. The van der Waals surface area contributed by atoms with Crippen LogP contribution in [0.2, 0.25) is 0 Å². The minimum atomic E-state index is 0.178. The molecule has 0 bridgehead atoms. The third-order valence-electron chi connectivity index (χ3n) is 3.65. The molecule has 19 heavy (non-hydrogen) atoms. The van der Waals surface area contributed by atoms with Crippen LogP contribution in [-0.4, -0.2) is 30.9 Å².